The molecule has 1 fully saturated rings. The molecule has 0 aliphatic heterocycles. The van der Waals surface area contributed by atoms with E-state index in [4.69, 9.17) is 9.47 Å². The maximum atomic E-state index is 12.4. The zero-order chi connectivity index (χ0) is 22.4. The molecule has 1 saturated carbocycles. The number of aromatic nitrogens is 1. The Labute approximate surface area is 187 Å². The molecule has 0 spiro atoms. The van der Waals surface area contributed by atoms with E-state index >= 15 is 0 Å². The second-order valence-electron chi connectivity index (χ2n) is 8.90. The van der Waals surface area contributed by atoms with Gasteiger partial charge in [-0.2, -0.15) is 0 Å². The second kappa shape index (κ2) is 10.1. The first-order valence-electron chi connectivity index (χ1n) is 10.6. The lowest BCUT2D eigenvalue weighted by Gasteiger charge is -2.36. The number of aryl methyl sites for hydroxylation is 1. The van der Waals surface area contributed by atoms with Crippen LogP contribution in [-0.4, -0.2) is 34.9 Å². The van der Waals surface area contributed by atoms with Crippen LogP contribution >= 0.6 is 11.3 Å². The molecule has 1 aliphatic rings. The molecule has 8 heteroatoms. The van der Waals surface area contributed by atoms with Crippen molar-refractivity contribution < 1.29 is 19.1 Å². The van der Waals surface area contributed by atoms with E-state index in [9.17, 15) is 9.59 Å². The quantitative estimate of drug-likeness (QED) is 0.683. The van der Waals surface area contributed by atoms with Crippen LogP contribution in [0.3, 0.4) is 0 Å². The summed E-state index contributed by atoms with van der Waals surface area (Å²) in [6.07, 6.45) is 1.27. The number of thiazole rings is 1. The highest BCUT2D eigenvalue weighted by Gasteiger charge is 2.35. The Bertz CT molecular complexity index is 878. The smallest absolute Gasteiger partial charge is 0.407 e. The van der Waals surface area contributed by atoms with E-state index in [1.807, 2.05) is 63.4 Å². The maximum absolute atomic E-state index is 12.4. The highest BCUT2D eigenvalue weighted by molar-refractivity contribution is 7.09. The van der Waals surface area contributed by atoms with Crippen LogP contribution in [0.5, 0.6) is 0 Å². The van der Waals surface area contributed by atoms with Crippen LogP contribution in [0.25, 0.3) is 0 Å². The van der Waals surface area contributed by atoms with Gasteiger partial charge in [-0.05, 0) is 52.5 Å². The minimum absolute atomic E-state index is 0.00309. The molecular formula is C23H31N3O4S. The summed E-state index contributed by atoms with van der Waals surface area (Å²) in [6, 6.07) is 9.44. The number of amides is 2. The Morgan fingerprint density at radius 1 is 1.13 bits per heavy atom. The van der Waals surface area contributed by atoms with Gasteiger partial charge in [-0.15, -0.1) is 11.3 Å². The number of hydrogen-bond acceptors (Lipinski definition) is 6. The number of nitrogens with one attached hydrogen (secondary N) is 2. The molecule has 1 heterocycles. The number of carbonyl (C=O) groups excluding carboxylic acids is 2. The van der Waals surface area contributed by atoms with Crippen LogP contribution in [0.4, 0.5) is 9.59 Å². The molecular weight excluding hydrogens is 414 g/mol. The first-order valence-corrected chi connectivity index (χ1v) is 11.5. The van der Waals surface area contributed by atoms with Crippen molar-refractivity contribution in [3.05, 3.63) is 52.0 Å². The van der Waals surface area contributed by atoms with Gasteiger partial charge in [-0.3, -0.25) is 0 Å². The maximum Gasteiger partial charge on any atom is 0.407 e. The van der Waals surface area contributed by atoms with Gasteiger partial charge in [0.15, 0.2) is 0 Å². The standard InChI is InChI=1S/C23H31N3O4S/c1-15-14-31-20(24-15)18-12-17(25-22(28)30-23(2,3)4)10-11-19(18)26-21(27)29-13-16-8-6-5-7-9-16/h5-9,14,17-19H,10-13H2,1-4H3,(H,25,28)(H,26,27)/t17-,18-,19+/m1/s1. The second-order valence-corrected chi connectivity index (χ2v) is 9.79. The average molecular weight is 446 g/mol. The van der Waals surface area contributed by atoms with Crippen molar-refractivity contribution in [2.45, 2.75) is 77.2 Å². The summed E-state index contributed by atoms with van der Waals surface area (Å²) >= 11 is 1.58. The topological polar surface area (TPSA) is 89.6 Å². The fourth-order valence-corrected chi connectivity index (χ4v) is 4.66. The van der Waals surface area contributed by atoms with Crippen LogP contribution in [-0.2, 0) is 16.1 Å². The number of nitrogens with zero attached hydrogens (tertiary/aromatic N) is 1. The summed E-state index contributed by atoms with van der Waals surface area (Å²) in [6.45, 7) is 7.71. The van der Waals surface area contributed by atoms with Gasteiger partial charge >= 0.3 is 12.2 Å². The average Bonchev–Trinajstić information content (AvgIpc) is 3.13. The van der Waals surface area contributed by atoms with Crippen molar-refractivity contribution in [2.24, 2.45) is 0 Å². The lowest BCUT2D eigenvalue weighted by molar-refractivity contribution is 0.0483. The van der Waals surface area contributed by atoms with E-state index in [-0.39, 0.29) is 24.6 Å². The van der Waals surface area contributed by atoms with Crippen LogP contribution in [0.1, 0.15) is 62.2 Å². The van der Waals surface area contributed by atoms with Gasteiger partial charge in [-0.1, -0.05) is 30.3 Å². The molecule has 1 aliphatic carbocycles. The minimum Gasteiger partial charge on any atom is -0.445 e. The molecule has 0 bridgehead atoms. The lowest BCUT2D eigenvalue weighted by Crippen LogP contribution is -2.48. The summed E-state index contributed by atoms with van der Waals surface area (Å²) in [5, 5.41) is 8.96. The molecule has 3 rings (SSSR count). The van der Waals surface area contributed by atoms with Gasteiger partial charge in [0.05, 0.1) is 5.01 Å². The first kappa shape index (κ1) is 23.1. The van der Waals surface area contributed by atoms with Gasteiger partial charge < -0.3 is 20.1 Å². The highest BCUT2D eigenvalue weighted by atomic mass is 32.1. The van der Waals surface area contributed by atoms with Crippen molar-refractivity contribution >= 4 is 23.5 Å². The highest BCUT2D eigenvalue weighted by Crippen LogP contribution is 2.35. The molecule has 1 aromatic heterocycles. The molecule has 2 amide bonds. The van der Waals surface area contributed by atoms with E-state index in [0.29, 0.717) is 12.8 Å². The van der Waals surface area contributed by atoms with E-state index in [1.54, 1.807) is 11.3 Å². The molecule has 0 unspecified atom stereocenters. The van der Waals surface area contributed by atoms with Crippen LogP contribution < -0.4 is 10.6 Å². The third-order valence-electron chi connectivity index (χ3n) is 5.04. The Morgan fingerprint density at radius 2 is 1.87 bits per heavy atom. The molecule has 3 atom stereocenters. The van der Waals surface area contributed by atoms with Crippen molar-refractivity contribution in [2.75, 3.05) is 0 Å². The van der Waals surface area contributed by atoms with E-state index < -0.39 is 17.8 Å². The Kier molecular flexibility index (Phi) is 7.54. The van der Waals surface area contributed by atoms with E-state index in [0.717, 1.165) is 22.7 Å². The van der Waals surface area contributed by atoms with Crippen molar-refractivity contribution in [1.82, 2.24) is 15.6 Å². The molecule has 1 aromatic carbocycles. The molecule has 2 aromatic rings. The van der Waals surface area contributed by atoms with Crippen molar-refractivity contribution in [3.8, 4) is 0 Å². The summed E-state index contributed by atoms with van der Waals surface area (Å²) in [4.78, 5) is 29.3. The van der Waals surface area contributed by atoms with Gasteiger partial charge in [0.1, 0.15) is 12.2 Å². The number of benzene rings is 1. The van der Waals surface area contributed by atoms with E-state index in [1.165, 1.54) is 0 Å². The van der Waals surface area contributed by atoms with Gasteiger partial charge in [0.2, 0.25) is 0 Å². The van der Waals surface area contributed by atoms with Gasteiger partial charge in [0, 0.05) is 29.1 Å². The normalized spacial score (nSPS) is 21.2. The van der Waals surface area contributed by atoms with E-state index in [2.05, 4.69) is 15.6 Å². The Balaban J connectivity index is 1.61. The molecule has 2 N–H and O–H groups in total. The first-order chi connectivity index (χ1) is 14.7. The van der Waals surface area contributed by atoms with Gasteiger partial charge in [0.25, 0.3) is 0 Å². The molecule has 0 saturated heterocycles. The fraction of sp³-hybridized carbons (Fsp3) is 0.522. The Morgan fingerprint density at radius 3 is 2.52 bits per heavy atom. The van der Waals surface area contributed by atoms with Crippen LogP contribution in [0, 0.1) is 6.92 Å². The number of carbonyl (C=O) groups is 2. The third-order valence-corrected chi connectivity index (χ3v) is 6.14. The largest absolute Gasteiger partial charge is 0.445 e. The zero-order valence-corrected chi connectivity index (χ0v) is 19.3. The predicted octanol–water partition coefficient (Wildman–Crippen LogP) is 4.91. The summed E-state index contributed by atoms with van der Waals surface area (Å²) < 4.78 is 10.8. The van der Waals surface area contributed by atoms with Gasteiger partial charge in [-0.25, -0.2) is 14.6 Å². The number of hydrogen-bond donors (Lipinski definition) is 2. The number of alkyl carbamates (subject to hydrolysis) is 2. The molecule has 0 radical (unpaired) electrons. The lowest BCUT2D eigenvalue weighted by atomic mass is 9.82. The molecule has 7 nitrogen and oxygen atoms in total. The molecule has 168 valence electrons. The van der Waals surface area contributed by atoms with Crippen molar-refractivity contribution in [1.29, 1.82) is 0 Å². The zero-order valence-electron chi connectivity index (χ0n) is 18.5. The summed E-state index contributed by atoms with van der Waals surface area (Å²) in [5.41, 5.74) is 1.35. The number of rotatable bonds is 5. The third kappa shape index (κ3) is 7.24. The summed E-state index contributed by atoms with van der Waals surface area (Å²) in [7, 11) is 0. The number of ether oxygens (including phenoxy) is 2. The van der Waals surface area contributed by atoms with Crippen LogP contribution in [0.2, 0.25) is 0 Å². The SMILES string of the molecule is Cc1csc([C@@H]2C[C@H](NC(=O)OC(C)(C)C)CC[C@@H]2NC(=O)OCc2ccccc2)n1. The fourth-order valence-electron chi connectivity index (χ4n) is 3.68. The molecule has 31 heavy (non-hydrogen) atoms. The summed E-state index contributed by atoms with van der Waals surface area (Å²) in [5.74, 6) is -0.00309. The van der Waals surface area contributed by atoms with Crippen LogP contribution in [0.15, 0.2) is 35.7 Å². The monoisotopic (exact) mass is 445 g/mol. The minimum atomic E-state index is -0.544. The van der Waals surface area contributed by atoms with Crippen molar-refractivity contribution in [3.63, 3.8) is 0 Å². The Hall–Kier alpha value is -2.61. The predicted molar refractivity (Wildman–Crippen MR) is 120 cm³/mol.